The van der Waals surface area contributed by atoms with Crippen LogP contribution in [0.25, 0.3) is 11.1 Å². The van der Waals surface area contributed by atoms with Crippen LogP contribution in [0.2, 0.25) is 0 Å². The predicted molar refractivity (Wildman–Crippen MR) is 80.5 cm³/mol. The zero-order valence-corrected chi connectivity index (χ0v) is 12.0. The van der Waals surface area contributed by atoms with Crippen molar-refractivity contribution in [3.8, 4) is 0 Å². The SMILES string of the molecule is O=C(c1ccn[nH]1)N1CCC(c2nc3ccccc3o2)CC1. The number of hydrogen-bond acceptors (Lipinski definition) is 4. The highest BCUT2D eigenvalue weighted by atomic mass is 16.3. The predicted octanol–water partition coefficient (Wildman–Crippen LogP) is 2.57. The van der Waals surface area contributed by atoms with Crippen LogP contribution in [0, 0.1) is 0 Å². The van der Waals surface area contributed by atoms with Gasteiger partial charge in [-0.2, -0.15) is 5.10 Å². The number of hydrogen-bond donors (Lipinski definition) is 1. The molecular weight excluding hydrogens is 280 g/mol. The van der Waals surface area contributed by atoms with E-state index in [4.69, 9.17) is 4.42 Å². The second-order valence-electron chi connectivity index (χ2n) is 5.56. The highest BCUT2D eigenvalue weighted by molar-refractivity contribution is 5.92. The van der Waals surface area contributed by atoms with Crippen LogP contribution < -0.4 is 0 Å². The maximum absolute atomic E-state index is 12.3. The van der Waals surface area contributed by atoms with Crippen LogP contribution in [0.4, 0.5) is 0 Å². The molecule has 3 aromatic rings. The zero-order valence-electron chi connectivity index (χ0n) is 12.0. The largest absolute Gasteiger partial charge is 0.440 e. The molecule has 4 rings (SSSR count). The molecule has 2 aromatic heterocycles. The summed E-state index contributed by atoms with van der Waals surface area (Å²) in [4.78, 5) is 18.7. The van der Waals surface area contributed by atoms with Crippen molar-refractivity contribution in [1.82, 2.24) is 20.1 Å². The second kappa shape index (κ2) is 5.29. The van der Waals surface area contributed by atoms with Gasteiger partial charge >= 0.3 is 0 Å². The van der Waals surface area contributed by atoms with Crippen molar-refractivity contribution >= 4 is 17.0 Å². The first kappa shape index (κ1) is 13.1. The number of carbonyl (C=O) groups excluding carboxylic acids is 1. The summed E-state index contributed by atoms with van der Waals surface area (Å²) in [6.45, 7) is 1.42. The van der Waals surface area contributed by atoms with E-state index in [2.05, 4.69) is 15.2 Å². The molecule has 0 spiro atoms. The average molecular weight is 296 g/mol. The normalized spacial score (nSPS) is 16.3. The summed E-state index contributed by atoms with van der Waals surface area (Å²) in [5.74, 6) is 1.07. The van der Waals surface area contributed by atoms with Gasteiger partial charge in [0.2, 0.25) is 0 Å². The van der Waals surface area contributed by atoms with E-state index in [9.17, 15) is 4.79 Å². The first-order valence-corrected chi connectivity index (χ1v) is 7.45. The van der Waals surface area contributed by atoms with Gasteiger partial charge in [-0.25, -0.2) is 4.98 Å². The average Bonchev–Trinajstić information content (AvgIpc) is 3.23. The van der Waals surface area contributed by atoms with Gasteiger partial charge in [-0.1, -0.05) is 12.1 Å². The molecule has 0 radical (unpaired) electrons. The lowest BCUT2D eigenvalue weighted by Gasteiger charge is -2.30. The van der Waals surface area contributed by atoms with Crippen molar-refractivity contribution in [2.24, 2.45) is 0 Å². The third-order valence-electron chi connectivity index (χ3n) is 4.17. The quantitative estimate of drug-likeness (QED) is 0.788. The van der Waals surface area contributed by atoms with Gasteiger partial charge in [0.15, 0.2) is 11.5 Å². The fraction of sp³-hybridized carbons (Fsp3) is 0.312. The van der Waals surface area contributed by atoms with Crippen LogP contribution in [0.5, 0.6) is 0 Å². The fourth-order valence-corrected chi connectivity index (χ4v) is 2.94. The van der Waals surface area contributed by atoms with Crippen LogP contribution in [-0.4, -0.2) is 39.1 Å². The molecule has 1 aliphatic heterocycles. The smallest absolute Gasteiger partial charge is 0.271 e. The number of para-hydroxylation sites is 2. The molecule has 22 heavy (non-hydrogen) atoms. The second-order valence-corrected chi connectivity index (χ2v) is 5.56. The number of carbonyl (C=O) groups is 1. The molecule has 0 bridgehead atoms. The summed E-state index contributed by atoms with van der Waals surface area (Å²) in [5, 5.41) is 6.55. The molecule has 0 aliphatic carbocycles. The van der Waals surface area contributed by atoms with Gasteiger partial charge in [0, 0.05) is 25.2 Å². The Morgan fingerprint density at radius 1 is 1.23 bits per heavy atom. The number of piperidine rings is 1. The van der Waals surface area contributed by atoms with Crippen molar-refractivity contribution in [3.63, 3.8) is 0 Å². The van der Waals surface area contributed by atoms with Gasteiger partial charge in [0.1, 0.15) is 11.2 Å². The molecule has 0 unspecified atom stereocenters. The molecule has 3 heterocycles. The Hall–Kier alpha value is -2.63. The van der Waals surface area contributed by atoms with E-state index in [1.165, 1.54) is 0 Å². The van der Waals surface area contributed by atoms with Gasteiger partial charge in [0.05, 0.1) is 0 Å². The lowest BCUT2D eigenvalue weighted by atomic mass is 9.96. The topological polar surface area (TPSA) is 75.0 Å². The molecule has 0 atom stereocenters. The molecule has 6 heteroatoms. The highest BCUT2D eigenvalue weighted by Gasteiger charge is 2.27. The number of nitrogens with zero attached hydrogens (tertiary/aromatic N) is 3. The van der Waals surface area contributed by atoms with E-state index in [1.54, 1.807) is 12.3 Å². The number of H-pyrrole nitrogens is 1. The highest BCUT2D eigenvalue weighted by Crippen LogP contribution is 2.30. The summed E-state index contributed by atoms with van der Waals surface area (Å²) in [7, 11) is 0. The zero-order chi connectivity index (χ0) is 14.9. The number of benzene rings is 1. The van der Waals surface area contributed by atoms with Crippen molar-refractivity contribution in [2.75, 3.05) is 13.1 Å². The maximum atomic E-state index is 12.3. The molecule has 1 aromatic carbocycles. The molecule has 1 amide bonds. The molecule has 1 fully saturated rings. The standard InChI is InChI=1S/C16H16N4O2/c21-16(13-5-8-17-19-13)20-9-6-11(7-10-20)15-18-12-3-1-2-4-14(12)22-15/h1-5,8,11H,6-7,9-10H2,(H,17,19). The van der Waals surface area contributed by atoms with E-state index >= 15 is 0 Å². The van der Waals surface area contributed by atoms with Crippen LogP contribution in [0.1, 0.15) is 35.1 Å². The van der Waals surface area contributed by atoms with Crippen molar-refractivity contribution < 1.29 is 9.21 Å². The van der Waals surface area contributed by atoms with Crippen LogP contribution in [-0.2, 0) is 0 Å². The van der Waals surface area contributed by atoms with Crippen LogP contribution in [0.15, 0.2) is 40.9 Å². The van der Waals surface area contributed by atoms with Gasteiger partial charge < -0.3 is 9.32 Å². The number of rotatable bonds is 2. The Bertz CT molecular complexity index is 752. The van der Waals surface area contributed by atoms with E-state index in [0.717, 1.165) is 29.8 Å². The Morgan fingerprint density at radius 3 is 2.77 bits per heavy atom. The summed E-state index contributed by atoms with van der Waals surface area (Å²) in [6, 6.07) is 9.50. The molecule has 6 nitrogen and oxygen atoms in total. The Kier molecular flexibility index (Phi) is 3.14. The molecule has 1 aliphatic rings. The Balaban J connectivity index is 1.46. The number of likely N-dealkylation sites (tertiary alicyclic amines) is 1. The van der Waals surface area contributed by atoms with Crippen molar-refractivity contribution in [3.05, 3.63) is 48.1 Å². The molecule has 1 saturated heterocycles. The third kappa shape index (κ3) is 2.26. The van der Waals surface area contributed by atoms with Gasteiger partial charge in [-0.05, 0) is 31.0 Å². The van der Waals surface area contributed by atoms with E-state index in [0.29, 0.717) is 18.8 Å². The molecular formula is C16H16N4O2. The van der Waals surface area contributed by atoms with E-state index in [1.807, 2.05) is 29.2 Å². The number of fused-ring (bicyclic) bond motifs is 1. The summed E-state index contributed by atoms with van der Waals surface area (Å²) in [6.07, 6.45) is 3.33. The number of amides is 1. The Morgan fingerprint density at radius 2 is 2.05 bits per heavy atom. The first-order valence-electron chi connectivity index (χ1n) is 7.45. The lowest BCUT2D eigenvalue weighted by molar-refractivity contribution is 0.0700. The number of aromatic nitrogens is 3. The third-order valence-corrected chi connectivity index (χ3v) is 4.17. The van der Waals surface area contributed by atoms with Crippen molar-refractivity contribution in [2.45, 2.75) is 18.8 Å². The molecule has 112 valence electrons. The van der Waals surface area contributed by atoms with Gasteiger partial charge in [-0.15, -0.1) is 0 Å². The number of aromatic amines is 1. The monoisotopic (exact) mass is 296 g/mol. The number of nitrogens with one attached hydrogen (secondary N) is 1. The fourth-order valence-electron chi connectivity index (χ4n) is 2.94. The minimum Gasteiger partial charge on any atom is -0.440 e. The number of oxazole rings is 1. The van der Waals surface area contributed by atoms with Crippen LogP contribution in [0.3, 0.4) is 0 Å². The maximum Gasteiger partial charge on any atom is 0.271 e. The van der Waals surface area contributed by atoms with Crippen LogP contribution >= 0.6 is 0 Å². The first-order chi connectivity index (χ1) is 10.8. The Labute approximate surface area is 127 Å². The minimum absolute atomic E-state index is 0.00788. The molecule has 0 saturated carbocycles. The lowest BCUT2D eigenvalue weighted by Crippen LogP contribution is -2.38. The van der Waals surface area contributed by atoms with E-state index in [-0.39, 0.29) is 11.8 Å². The molecule has 1 N–H and O–H groups in total. The summed E-state index contributed by atoms with van der Waals surface area (Å²) in [5.41, 5.74) is 2.27. The summed E-state index contributed by atoms with van der Waals surface area (Å²) < 4.78 is 5.84. The minimum atomic E-state index is 0.00788. The van der Waals surface area contributed by atoms with Gasteiger partial charge in [-0.3, -0.25) is 9.89 Å². The summed E-state index contributed by atoms with van der Waals surface area (Å²) >= 11 is 0. The van der Waals surface area contributed by atoms with E-state index < -0.39 is 0 Å². The van der Waals surface area contributed by atoms with Gasteiger partial charge in [0.25, 0.3) is 5.91 Å². The van der Waals surface area contributed by atoms with Crippen molar-refractivity contribution in [1.29, 1.82) is 0 Å².